The van der Waals surface area contributed by atoms with Crippen molar-refractivity contribution in [3.63, 3.8) is 0 Å². The zero-order valence-electron chi connectivity index (χ0n) is 12.2. The van der Waals surface area contributed by atoms with E-state index in [0.717, 1.165) is 51.0 Å². The van der Waals surface area contributed by atoms with E-state index >= 15 is 0 Å². The summed E-state index contributed by atoms with van der Waals surface area (Å²) in [5.41, 5.74) is 2.75. The van der Waals surface area contributed by atoms with Crippen LogP contribution in [0.3, 0.4) is 0 Å². The Morgan fingerprint density at radius 1 is 1.19 bits per heavy atom. The standard InChI is InChI=1S/C16H21N3O2/c20-14(19-9-1-2-10-19)11-18-16(21)13-7-3-5-12-6-4-8-17-15(12)13/h3,5,7,17H,1-2,4,6,8-11H2,(H,18,21). The molecule has 0 atom stereocenters. The van der Waals surface area contributed by atoms with Gasteiger partial charge in [0, 0.05) is 19.6 Å². The Kier molecular flexibility index (Phi) is 4.08. The molecular weight excluding hydrogens is 266 g/mol. The van der Waals surface area contributed by atoms with E-state index in [-0.39, 0.29) is 18.4 Å². The van der Waals surface area contributed by atoms with Crippen molar-refractivity contribution in [1.82, 2.24) is 10.2 Å². The lowest BCUT2D eigenvalue weighted by Gasteiger charge is -2.21. The van der Waals surface area contributed by atoms with Crippen molar-refractivity contribution in [1.29, 1.82) is 0 Å². The van der Waals surface area contributed by atoms with Gasteiger partial charge < -0.3 is 15.5 Å². The summed E-state index contributed by atoms with van der Waals surface area (Å²) in [5.74, 6) is -0.160. The first kappa shape index (κ1) is 13.9. The van der Waals surface area contributed by atoms with Gasteiger partial charge in [-0.15, -0.1) is 0 Å². The van der Waals surface area contributed by atoms with Crippen molar-refractivity contribution < 1.29 is 9.59 Å². The first-order chi connectivity index (χ1) is 10.3. The van der Waals surface area contributed by atoms with Gasteiger partial charge in [0.2, 0.25) is 5.91 Å². The van der Waals surface area contributed by atoms with Crippen LogP contribution in [-0.4, -0.2) is 42.9 Å². The second-order valence-corrected chi connectivity index (χ2v) is 5.64. The topological polar surface area (TPSA) is 61.4 Å². The van der Waals surface area contributed by atoms with Crippen LogP contribution >= 0.6 is 0 Å². The lowest BCUT2D eigenvalue weighted by molar-refractivity contribution is -0.129. The third-order valence-corrected chi connectivity index (χ3v) is 4.18. The van der Waals surface area contributed by atoms with Crippen LogP contribution in [0.5, 0.6) is 0 Å². The number of carbonyl (C=O) groups is 2. The molecule has 1 aromatic rings. The molecule has 0 aromatic heterocycles. The molecule has 2 N–H and O–H groups in total. The molecule has 0 unspecified atom stereocenters. The predicted molar refractivity (Wildman–Crippen MR) is 81.4 cm³/mol. The van der Waals surface area contributed by atoms with E-state index in [0.29, 0.717) is 5.56 Å². The van der Waals surface area contributed by atoms with Gasteiger partial charge in [-0.2, -0.15) is 0 Å². The Morgan fingerprint density at radius 2 is 2.00 bits per heavy atom. The average molecular weight is 287 g/mol. The molecule has 5 nitrogen and oxygen atoms in total. The molecule has 2 amide bonds. The summed E-state index contributed by atoms with van der Waals surface area (Å²) in [7, 11) is 0. The summed E-state index contributed by atoms with van der Waals surface area (Å²) in [6.07, 6.45) is 4.22. The zero-order valence-corrected chi connectivity index (χ0v) is 12.2. The lowest BCUT2D eigenvalue weighted by atomic mass is 9.99. The second kappa shape index (κ2) is 6.16. The number of likely N-dealkylation sites (tertiary alicyclic amines) is 1. The SMILES string of the molecule is O=C(NCC(=O)N1CCCC1)c1cccc2c1NCCC2. The van der Waals surface area contributed by atoms with E-state index in [9.17, 15) is 9.59 Å². The van der Waals surface area contributed by atoms with Crippen LogP contribution in [0.4, 0.5) is 5.69 Å². The van der Waals surface area contributed by atoms with Crippen LogP contribution < -0.4 is 10.6 Å². The molecule has 2 aliphatic rings. The van der Waals surface area contributed by atoms with Gasteiger partial charge in [0.1, 0.15) is 0 Å². The van der Waals surface area contributed by atoms with Crippen LogP contribution in [0.2, 0.25) is 0 Å². The van der Waals surface area contributed by atoms with E-state index in [1.54, 1.807) is 0 Å². The number of hydrogen-bond donors (Lipinski definition) is 2. The number of amides is 2. The Labute approximate surface area is 124 Å². The van der Waals surface area contributed by atoms with Crippen LogP contribution in [0.1, 0.15) is 35.2 Å². The number of benzene rings is 1. The molecule has 0 aliphatic carbocycles. The number of carbonyl (C=O) groups excluding carboxylic acids is 2. The first-order valence-electron chi connectivity index (χ1n) is 7.67. The molecule has 1 aromatic carbocycles. The highest BCUT2D eigenvalue weighted by Crippen LogP contribution is 2.25. The van der Waals surface area contributed by atoms with Gasteiger partial charge in [-0.1, -0.05) is 12.1 Å². The van der Waals surface area contributed by atoms with Crippen molar-refractivity contribution in [3.05, 3.63) is 29.3 Å². The second-order valence-electron chi connectivity index (χ2n) is 5.64. The lowest BCUT2D eigenvalue weighted by Crippen LogP contribution is -2.39. The number of nitrogens with zero attached hydrogens (tertiary/aromatic N) is 1. The fourth-order valence-corrected chi connectivity index (χ4v) is 3.03. The van der Waals surface area contributed by atoms with Gasteiger partial charge >= 0.3 is 0 Å². The summed E-state index contributed by atoms with van der Waals surface area (Å²) in [4.78, 5) is 26.1. The number of hydrogen-bond acceptors (Lipinski definition) is 3. The number of fused-ring (bicyclic) bond motifs is 1. The summed E-state index contributed by atoms with van der Waals surface area (Å²) in [6.45, 7) is 2.61. The number of aryl methyl sites for hydroxylation is 1. The maximum absolute atomic E-state index is 12.3. The van der Waals surface area contributed by atoms with Gasteiger partial charge in [0.05, 0.1) is 17.8 Å². The van der Waals surface area contributed by atoms with Crippen LogP contribution in [0.15, 0.2) is 18.2 Å². The van der Waals surface area contributed by atoms with Crippen molar-refractivity contribution >= 4 is 17.5 Å². The third kappa shape index (κ3) is 3.01. The molecule has 2 aliphatic heterocycles. The van der Waals surface area contributed by atoms with E-state index in [1.807, 2.05) is 23.1 Å². The molecule has 1 fully saturated rings. The number of anilines is 1. The molecule has 5 heteroatoms. The number of nitrogens with one attached hydrogen (secondary N) is 2. The molecule has 2 heterocycles. The molecule has 0 spiro atoms. The van der Waals surface area contributed by atoms with Gasteiger partial charge in [-0.3, -0.25) is 9.59 Å². The maximum Gasteiger partial charge on any atom is 0.253 e. The Bertz CT molecular complexity index is 550. The minimum absolute atomic E-state index is 0.0126. The van der Waals surface area contributed by atoms with Gasteiger partial charge in [-0.05, 0) is 37.3 Å². The average Bonchev–Trinajstić information content (AvgIpc) is 3.06. The van der Waals surface area contributed by atoms with Gasteiger partial charge in [0.25, 0.3) is 5.91 Å². The van der Waals surface area contributed by atoms with E-state index in [2.05, 4.69) is 10.6 Å². The first-order valence-corrected chi connectivity index (χ1v) is 7.67. The highest BCUT2D eigenvalue weighted by molar-refractivity contribution is 6.01. The van der Waals surface area contributed by atoms with E-state index < -0.39 is 0 Å². The minimum atomic E-state index is -0.172. The predicted octanol–water partition coefficient (Wildman–Crippen LogP) is 1.40. The quantitative estimate of drug-likeness (QED) is 0.883. The molecule has 0 bridgehead atoms. The fourth-order valence-electron chi connectivity index (χ4n) is 3.03. The molecule has 21 heavy (non-hydrogen) atoms. The maximum atomic E-state index is 12.3. The molecular formula is C16H21N3O2. The molecule has 3 rings (SSSR count). The van der Waals surface area contributed by atoms with Crippen LogP contribution in [0, 0.1) is 0 Å². The summed E-state index contributed by atoms with van der Waals surface area (Å²) in [6, 6.07) is 5.77. The normalized spacial score (nSPS) is 17.0. The van der Waals surface area contributed by atoms with Gasteiger partial charge in [0.15, 0.2) is 0 Å². The summed E-state index contributed by atoms with van der Waals surface area (Å²) in [5, 5.41) is 6.05. The summed E-state index contributed by atoms with van der Waals surface area (Å²) < 4.78 is 0. The Balaban J connectivity index is 1.64. The van der Waals surface area contributed by atoms with Crippen molar-refractivity contribution in [2.75, 3.05) is 31.5 Å². The number of rotatable bonds is 3. The molecule has 112 valence electrons. The smallest absolute Gasteiger partial charge is 0.253 e. The van der Waals surface area contributed by atoms with Crippen molar-refractivity contribution in [2.45, 2.75) is 25.7 Å². The molecule has 0 saturated carbocycles. The Morgan fingerprint density at radius 3 is 2.81 bits per heavy atom. The monoisotopic (exact) mass is 287 g/mol. The fraction of sp³-hybridized carbons (Fsp3) is 0.500. The third-order valence-electron chi connectivity index (χ3n) is 4.18. The highest BCUT2D eigenvalue weighted by Gasteiger charge is 2.20. The summed E-state index contributed by atoms with van der Waals surface area (Å²) >= 11 is 0. The van der Waals surface area contributed by atoms with E-state index in [4.69, 9.17) is 0 Å². The van der Waals surface area contributed by atoms with Crippen molar-refractivity contribution in [3.8, 4) is 0 Å². The van der Waals surface area contributed by atoms with Crippen molar-refractivity contribution in [2.24, 2.45) is 0 Å². The van der Waals surface area contributed by atoms with E-state index in [1.165, 1.54) is 5.56 Å². The van der Waals surface area contributed by atoms with Crippen LogP contribution in [0.25, 0.3) is 0 Å². The zero-order chi connectivity index (χ0) is 14.7. The largest absolute Gasteiger partial charge is 0.384 e. The van der Waals surface area contributed by atoms with Gasteiger partial charge in [-0.25, -0.2) is 0 Å². The minimum Gasteiger partial charge on any atom is -0.384 e. The molecule has 1 saturated heterocycles. The Hall–Kier alpha value is -2.04. The van der Waals surface area contributed by atoms with Crippen LogP contribution in [-0.2, 0) is 11.2 Å². The highest BCUT2D eigenvalue weighted by atomic mass is 16.2. The molecule has 0 radical (unpaired) electrons. The number of para-hydroxylation sites is 1.